The number of benzene rings is 2. The minimum atomic E-state index is -3.32. The summed E-state index contributed by atoms with van der Waals surface area (Å²) in [6.07, 6.45) is 0. The average molecular weight is 312 g/mol. The van der Waals surface area contributed by atoms with Gasteiger partial charge in [-0.05, 0) is 43.3 Å². The summed E-state index contributed by atoms with van der Waals surface area (Å²) in [5.74, 6) is -1.86. The third-order valence-corrected chi connectivity index (χ3v) is 4.05. The van der Waals surface area contributed by atoms with Gasteiger partial charge < -0.3 is 5.32 Å². The molecule has 0 saturated carbocycles. The molecule has 2 N–H and O–H groups in total. The van der Waals surface area contributed by atoms with Gasteiger partial charge in [-0.1, -0.05) is 0 Å². The number of nitrogens with one attached hydrogen (secondary N) is 2. The van der Waals surface area contributed by atoms with Gasteiger partial charge >= 0.3 is 0 Å². The van der Waals surface area contributed by atoms with E-state index >= 15 is 0 Å². The number of hydrogen-bond acceptors (Lipinski definition) is 3. The van der Waals surface area contributed by atoms with Gasteiger partial charge in [0.25, 0.3) is 0 Å². The normalized spacial score (nSPS) is 11.2. The Kier molecular flexibility index (Phi) is 4.42. The fourth-order valence-corrected chi connectivity index (χ4v) is 2.25. The lowest BCUT2D eigenvalue weighted by Crippen LogP contribution is -2.14. The van der Waals surface area contributed by atoms with Crippen molar-refractivity contribution in [1.29, 1.82) is 0 Å². The van der Waals surface area contributed by atoms with Gasteiger partial charge in [0.2, 0.25) is 10.0 Å². The Hall–Kier alpha value is -2.15. The van der Waals surface area contributed by atoms with Gasteiger partial charge in [0.05, 0.1) is 5.75 Å². The molecule has 7 heteroatoms. The van der Waals surface area contributed by atoms with E-state index in [1.54, 1.807) is 31.2 Å². The van der Waals surface area contributed by atoms with Crippen LogP contribution in [0.3, 0.4) is 0 Å². The van der Waals surface area contributed by atoms with E-state index in [1.165, 1.54) is 6.07 Å². The first-order chi connectivity index (χ1) is 9.89. The van der Waals surface area contributed by atoms with Crippen LogP contribution in [0, 0.1) is 11.6 Å². The van der Waals surface area contributed by atoms with Crippen LogP contribution in [0.5, 0.6) is 0 Å². The van der Waals surface area contributed by atoms with Gasteiger partial charge in [0.1, 0.15) is 0 Å². The molecule has 2 rings (SSSR count). The summed E-state index contributed by atoms with van der Waals surface area (Å²) in [5, 5.41) is 2.89. The number of anilines is 3. The Morgan fingerprint density at radius 3 is 2.05 bits per heavy atom. The topological polar surface area (TPSA) is 58.2 Å². The van der Waals surface area contributed by atoms with Crippen molar-refractivity contribution in [2.75, 3.05) is 15.8 Å². The third-order valence-electron chi connectivity index (χ3n) is 2.75. The van der Waals surface area contributed by atoms with Crippen LogP contribution < -0.4 is 10.0 Å². The molecule has 4 nitrogen and oxygen atoms in total. The molecule has 0 amide bonds. The monoisotopic (exact) mass is 312 g/mol. The molecule has 0 atom stereocenters. The second-order valence-electron chi connectivity index (χ2n) is 4.34. The smallest absolute Gasteiger partial charge is 0.232 e. The van der Waals surface area contributed by atoms with E-state index in [9.17, 15) is 17.2 Å². The van der Waals surface area contributed by atoms with Crippen molar-refractivity contribution in [3.8, 4) is 0 Å². The summed E-state index contributed by atoms with van der Waals surface area (Å²) in [6.45, 7) is 1.54. The minimum Gasteiger partial charge on any atom is -0.355 e. The number of rotatable bonds is 5. The van der Waals surface area contributed by atoms with Crippen molar-refractivity contribution in [3.63, 3.8) is 0 Å². The van der Waals surface area contributed by atoms with Crippen LogP contribution in [-0.2, 0) is 10.0 Å². The van der Waals surface area contributed by atoms with Crippen LogP contribution in [0.15, 0.2) is 42.5 Å². The second-order valence-corrected chi connectivity index (χ2v) is 6.35. The Morgan fingerprint density at radius 2 is 1.48 bits per heavy atom. The number of halogens is 2. The highest BCUT2D eigenvalue weighted by Crippen LogP contribution is 2.21. The predicted octanol–water partition coefficient (Wildman–Crippen LogP) is 3.47. The lowest BCUT2D eigenvalue weighted by atomic mass is 10.2. The first-order valence-corrected chi connectivity index (χ1v) is 7.87. The molecule has 112 valence electrons. The highest BCUT2D eigenvalue weighted by Gasteiger charge is 2.06. The van der Waals surface area contributed by atoms with Gasteiger partial charge in [-0.2, -0.15) is 0 Å². The maximum absolute atomic E-state index is 13.1. The van der Waals surface area contributed by atoms with Gasteiger partial charge in [0.15, 0.2) is 11.6 Å². The molecule has 0 heterocycles. The summed E-state index contributed by atoms with van der Waals surface area (Å²) in [4.78, 5) is 0. The zero-order valence-electron chi connectivity index (χ0n) is 11.2. The van der Waals surface area contributed by atoms with Gasteiger partial charge in [-0.3, -0.25) is 4.72 Å². The van der Waals surface area contributed by atoms with Crippen LogP contribution in [0.4, 0.5) is 25.8 Å². The molecule has 2 aromatic rings. The zero-order valence-corrected chi connectivity index (χ0v) is 12.0. The Labute approximate surface area is 121 Å². The van der Waals surface area contributed by atoms with Gasteiger partial charge in [-0.15, -0.1) is 0 Å². The highest BCUT2D eigenvalue weighted by atomic mass is 32.2. The maximum atomic E-state index is 13.1. The molecule has 0 aliphatic rings. The predicted molar refractivity (Wildman–Crippen MR) is 79.2 cm³/mol. The SMILES string of the molecule is CCS(=O)(=O)Nc1ccc(Nc2ccc(F)c(F)c2)cc1. The van der Waals surface area contributed by atoms with Crippen LogP contribution in [0.1, 0.15) is 6.92 Å². The van der Waals surface area contributed by atoms with E-state index in [0.717, 1.165) is 12.1 Å². The van der Waals surface area contributed by atoms with E-state index in [4.69, 9.17) is 0 Å². The molecule has 0 radical (unpaired) electrons. The molecule has 21 heavy (non-hydrogen) atoms. The maximum Gasteiger partial charge on any atom is 0.232 e. The largest absolute Gasteiger partial charge is 0.355 e. The lowest BCUT2D eigenvalue weighted by Gasteiger charge is -2.09. The van der Waals surface area contributed by atoms with E-state index < -0.39 is 21.7 Å². The Morgan fingerprint density at radius 1 is 0.905 bits per heavy atom. The molecule has 0 aliphatic heterocycles. The first kappa shape index (κ1) is 15.2. The van der Waals surface area contributed by atoms with Crippen molar-refractivity contribution in [1.82, 2.24) is 0 Å². The van der Waals surface area contributed by atoms with E-state index in [0.29, 0.717) is 17.1 Å². The molecular formula is C14H14F2N2O2S. The number of sulfonamides is 1. The standard InChI is InChI=1S/C14H14F2N2O2S/c1-2-21(19,20)18-11-5-3-10(4-6-11)17-12-7-8-13(15)14(16)9-12/h3-9,17-18H,2H2,1H3. The zero-order chi connectivity index (χ0) is 15.5. The molecule has 0 bridgehead atoms. The molecule has 0 aromatic heterocycles. The summed E-state index contributed by atoms with van der Waals surface area (Å²) in [6, 6.07) is 9.91. The molecule has 2 aromatic carbocycles. The highest BCUT2D eigenvalue weighted by molar-refractivity contribution is 7.92. The molecule has 0 unspecified atom stereocenters. The van der Waals surface area contributed by atoms with Crippen LogP contribution >= 0.6 is 0 Å². The molecular weight excluding hydrogens is 298 g/mol. The summed E-state index contributed by atoms with van der Waals surface area (Å²) >= 11 is 0. The van der Waals surface area contributed by atoms with E-state index in [2.05, 4.69) is 10.0 Å². The molecule has 0 saturated heterocycles. The molecule has 0 fully saturated rings. The lowest BCUT2D eigenvalue weighted by molar-refractivity contribution is 0.509. The minimum absolute atomic E-state index is 0.0120. The van der Waals surface area contributed by atoms with Crippen LogP contribution in [-0.4, -0.2) is 14.2 Å². The van der Waals surface area contributed by atoms with Crippen LogP contribution in [0.2, 0.25) is 0 Å². The molecule has 0 spiro atoms. The second kappa shape index (κ2) is 6.09. The first-order valence-electron chi connectivity index (χ1n) is 6.22. The van der Waals surface area contributed by atoms with Gasteiger partial charge in [0, 0.05) is 23.1 Å². The summed E-state index contributed by atoms with van der Waals surface area (Å²) in [7, 11) is -3.32. The van der Waals surface area contributed by atoms with E-state index in [-0.39, 0.29) is 5.75 Å². The fourth-order valence-electron chi connectivity index (χ4n) is 1.61. The van der Waals surface area contributed by atoms with Crippen molar-refractivity contribution in [3.05, 3.63) is 54.1 Å². The average Bonchev–Trinajstić information content (AvgIpc) is 2.45. The van der Waals surface area contributed by atoms with Gasteiger partial charge in [-0.25, -0.2) is 17.2 Å². The summed E-state index contributed by atoms with van der Waals surface area (Å²) < 4.78 is 51.1. The summed E-state index contributed by atoms with van der Waals surface area (Å²) in [5.41, 5.74) is 1.46. The molecule has 0 aliphatic carbocycles. The fraction of sp³-hybridized carbons (Fsp3) is 0.143. The van der Waals surface area contributed by atoms with Crippen molar-refractivity contribution in [2.45, 2.75) is 6.92 Å². The van der Waals surface area contributed by atoms with Crippen molar-refractivity contribution in [2.24, 2.45) is 0 Å². The third kappa shape index (κ3) is 4.16. The van der Waals surface area contributed by atoms with Crippen molar-refractivity contribution >= 4 is 27.1 Å². The van der Waals surface area contributed by atoms with E-state index in [1.807, 2.05) is 0 Å². The Bertz CT molecular complexity index is 731. The Balaban J connectivity index is 2.10. The number of hydrogen-bond donors (Lipinski definition) is 2. The quantitative estimate of drug-likeness (QED) is 0.889. The van der Waals surface area contributed by atoms with Crippen LogP contribution in [0.25, 0.3) is 0 Å². The van der Waals surface area contributed by atoms with Crippen molar-refractivity contribution < 1.29 is 17.2 Å².